The minimum absolute atomic E-state index is 0.148. The van der Waals surface area contributed by atoms with Gasteiger partial charge >= 0.3 is 0 Å². The zero-order valence-corrected chi connectivity index (χ0v) is 20.8. The average Bonchev–Trinajstić information content (AvgIpc) is 3.54. The number of thiophene rings is 1. The van der Waals surface area contributed by atoms with Crippen LogP contribution in [-0.2, 0) is 23.0 Å². The maximum Gasteiger partial charge on any atom is 0.267 e. The largest absolute Gasteiger partial charge is 0.333 e. The maximum absolute atomic E-state index is 13.1. The van der Waals surface area contributed by atoms with Gasteiger partial charge in [0.25, 0.3) is 11.8 Å². The van der Waals surface area contributed by atoms with Crippen molar-refractivity contribution in [1.29, 1.82) is 0 Å². The third-order valence-corrected chi connectivity index (χ3v) is 9.82. The smallest absolute Gasteiger partial charge is 0.267 e. The van der Waals surface area contributed by atoms with Crippen LogP contribution in [0.2, 0.25) is 0 Å². The Morgan fingerprint density at radius 2 is 1.76 bits per heavy atom. The number of thiazole rings is 1. The quantitative estimate of drug-likeness (QED) is 0.556. The topological polar surface area (TPSA) is 99.7 Å². The second kappa shape index (κ2) is 9.57. The molecule has 178 valence electrons. The van der Waals surface area contributed by atoms with Crippen molar-refractivity contribution in [3.05, 3.63) is 62.8 Å². The SMILES string of the molecule is O=C(Nc1nc2c(s1)CN(C(=O)c1ccc(S(=O)(=O)N3CCCCC3)cc1)CC2)c1cccs1. The normalized spacial score (nSPS) is 16.8. The first-order valence-electron chi connectivity index (χ1n) is 11.1. The van der Waals surface area contributed by atoms with E-state index in [0.717, 1.165) is 29.8 Å². The molecule has 0 aliphatic carbocycles. The third-order valence-electron chi connectivity index (χ3n) is 6.04. The van der Waals surface area contributed by atoms with E-state index in [1.807, 2.05) is 11.4 Å². The Morgan fingerprint density at radius 1 is 1.00 bits per heavy atom. The van der Waals surface area contributed by atoms with E-state index in [1.165, 1.54) is 39.1 Å². The second-order valence-corrected chi connectivity index (χ2v) is 12.3. The van der Waals surface area contributed by atoms with Crippen molar-refractivity contribution in [1.82, 2.24) is 14.2 Å². The Balaban J connectivity index is 1.25. The van der Waals surface area contributed by atoms with Gasteiger partial charge < -0.3 is 4.90 Å². The van der Waals surface area contributed by atoms with E-state index in [2.05, 4.69) is 10.3 Å². The summed E-state index contributed by atoms with van der Waals surface area (Å²) in [6, 6.07) is 9.82. The van der Waals surface area contributed by atoms with Gasteiger partial charge in [0, 0.05) is 36.5 Å². The van der Waals surface area contributed by atoms with Gasteiger partial charge in [0.2, 0.25) is 10.0 Å². The lowest BCUT2D eigenvalue weighted by Crippen LogP contribution is -2.36. The average molecular weight is 517 g/mol. The summed E-state index contributed by atoms with van der Waals surface area (Å²) in [7, 11) is -3.52. The highest BCUT2D eigenvalue weighted by Crippen LogP contribution is 2.30. The summed E-state index contributed by atoms with van der Waals surface area (Å²) >= 11 is 2.75. The summed E-state index contributed by atoms with van der Waals surface area (Å²) in [6.07, 6.45) is 3.42. The number of fused-ring (bicyclic) bond motifs is 1. The van der Waals surface area contributed by atoms with Gasteiger partial charge in [-0.1, -0.05) is 23.8 Å². The van der Waals surface area contributed by atoms with Crippen LogP contribution in [0.25, 0.3) is 0 Å². The van der Waals surface area contributed by atoms with E-state index in [1.54, 1.807) is 23.1 Å². The standard InChI is InChI=1S/C23H24N4O4S3/c28-21(19-5-4-14-32-19)25-23-24-18-10-13-26(15-20(18)33-23)22(29)16-6-8-17(9-7-16)34(30,31)27-11-2-1-3-12-27/h4-9,14H,1-3,10-13,15H2,(H,24,25,28). The molecule has 0 saturated carbocycles. The molecule has 0 bridgehead atoms. The van der Waals surface area contributed by atoms with Gasteiger partial charge in [-0.15, -0.1) is 11.3 Å². The molecule has 2 aliphatic rings. The molecular weight excluding hydrogens is 492 g/mol. The molecule has 4 heterocycles. The van der Waals surface area contributed by atoms with Crippen LogP contribution in [-0.4, -0.2) is 54.1 Å². The summed E-state index contributed by atoms with van der Waals surface area (Å²) in [6.45, 7) is 2.02. The number of sulfonamides is 1. The number of rotatable bonds is 5. The Bertz CT molecular complexity index is 1290. The zero-order valence-electron chi connectivity index (χ0n) is 18.4. The molecule has 2 amide bonds. The van der Waals surface area contributed by atoms with Crippen LogP contribution in [0.5, 0.6) is 0 Å². The molecule has 1 aromatic carbocycles. The van der Waals surface area contributed by atoms with Crippen molar-refractivity contribution in [3.8, 4) is 0 Å². The molecule has 0 radical (unpaired) electrons. The lowest BCUT2D eigenvalue weighted by molar-refractivity contribution is 0.0736. The molecule has 8 nitrogen and oxygen atoms in total. The number of anilines is 1. The van der Waals surface area contributed by atoms with Crippen molar-refractivity contribution in [2.24, 2.45) is 0 Å². The van der Waals surface area contributed by atoms with Gasteiger partial charge in [-0.2, -0.15) is 4.31 Å². The van der Waals surface area contributed by atoms with Crippen LogP contribution in [0.3, 0.4) is 0 Å². The molecule has 0 atom stereocenters. The molecule has 2 aromatic heterocycles. The number of nitrogens with one attached hydrogen (secondary N) is 1. The highest BCUT2D eigenvalue weighted by molar-refractivity contribution is 7.89. The highest BCUT2D eigenvalue weighted by atomic mass is 32.2. The van der Waals surface area contributed by atoms with Crippen LogP contribution < -0.4 is 5.32 Å². The Kier molecular flexibility index (Phi) is 6.52. The molecule has 34 heavy (non-hydrogen) atoms. The van der Waals surface area contributed by atoms with Crippen LogP contribution in [0.1, 0.15) is 49.9 Å². The Hall–Kier alpha value is -2.60. The van der Waals surface area contributed by atoms with Crippen LogP contribution in [0.4, 0.5) is 5.13 Å². The fourth-order valence-corrected chi connectivity index (χ4v) is 7.35. The number of aromatic nitrogens is 1. The fourth-order valence-electron chi connectivity index (χ4n) is 4.20. The predicted octanol–water partition coefficient (Wildman–Crippen LogP) is 3.83. The number of piperidine rings is 1. The molecule has 3 aromatic rings. The fraction of sp³-hybridized carbons (Fsp3) is 0.348. The molecule has 0 spiro atoms. The highest BCUT2D eigenvalue weighted by Gasteiger charge is 2.28. The lowest BCUT2D eigenvalue weighted by Gasteiger charge is -2.27. The van der Waals surface area contributed by atoms with Crippen molar-refractivity contribution in [2.75, 3.05) is 25.0 Å². The number of nitrogens with zero attached hydrogens (tertiary/aromatic N) is 3. The van der Waals surface area contributed by atoms with Crippen molar-refractivity contribution in [3.63, 3.8) is 0 Å². The van der Waals surface area contributed by atoms with E-state index in [-0.39, 0.29) is 16.7 Å². The first kappa shape index (κ1) is 23.2. The summed E-state index contributed by atoms with van der Waals surface area (Å²) in [4.78, 5) is 33.5. The summed E-state index contributed by atoms with van der Waals surface area (Å²) in [5, 5.41) is 5.22. The number of carbonyl (C=O) groups is 2. The molecule has 2 aliphatic heterocycles. The van der Waals surface area contributed by atoms with Crippen molar-refractivity contribution >= 4 is 49.6 Å². The second-order valence-electron chi connectivity index (χ2n) is 8.29. The molecule has 1 fully saturated rings. The number of benzene rings is 1. The van der Waals surface area contributed by atoms with Crippen LogP contribution >= 0.6 is 22.7 Å². The Morgan fingerprint density at radius 3 is 2.47 bits per heavy atom. The van der Waals surface area contributed by atoms with E-state index in [9.17, 15) is 18.0 Å². The summed E-state index contributed by atoms with van der Waals surface area (Å²) in [5.41, 5.74) is 1.36. The number of hydrogen-bond acceptors (Lipinski definition) is 7. The predicted molar refractivity (Wildman–Crippen MR) is 132 cm³/mol. The number of carbonyl (C=O) groups excluding carboxylic acids is 2. The van der Waals surface area contributed by atoms with E-state index in [0.29, 0.717) is 48.2 Å². The van der Waals surface area contributed by atoms with Gasteiger partial charge in [0.05, 0.1) is 22.0 Å². The summed E-state index contributed by atoms with van der Waals surface area (Å²) < 4.78 is 27.2. The third kappa shape index (κ3) is 4.65. The Labute approximate surface area is 206 Å². The first-order chi connectivity index (χ1) is 16.4. The number of hydrogen-bond donors (Lipinski definition) is 1. The lowest BCUT2D eigenvalue weighted by atomic mass is 10.1. The first-order valence-corrected chi connectivity index (χ1v) is 14.3. The molecule has 1 N–H and O–H groups in total. The van der Waals surface area contributed by atoms with Gasteiger partial charge in [0.1, 0.15) is 0 Å². The van der Waals surface area contributed by atoms with E-state index < -0.39 is 10.0 Å². The van der Waals surface area contributed by atoms with Crippen LogP contribution in [0, 0.1) is 0 Å². The number of amides is 2. The molecule has 11 heteroatoms. The van der Waals surface area contributed by atoms with Crippen molar-refractivity contribution < 1.29 is 18.0 Å². The van der Waals surface area contributed by atoms with Crippen LogP contribution in [0.15, 0.2) is 46.7 Å². The zero-order chi connectivity index (χ0) is 23.7. The van der Waals surface area contributed by atoms with E-state index in [4.69, 9.17) is 0 Å². The molecular formula is C23H24N4O4S3. The molecule has 1 saturated heterocycles. The molecule has 0 unspecified atom stereocenters. The summed E-state index contributed by atoms with van der Waals surface area (Å²) in [5.74, 6) is -0.334. The van der Waals surface area contributed by atoms with Gasteiger partial charge in [0.15, 0.2) is 5.13 Å². The van der Waals surface area contributed by atoms with E-state index >= 15 is 0 Å². The molecule has 5 rings (SSSR count). The van der Waals surface area contributed by atoms with Gasteiger partial charge in [-0.05, 0) is 48.6 Å². The van der Waals surface area contributed by atoms with Gasteiger partial charge in [-0.3, -0.25) is 14.9 Å². The van der Waals surface area contributed by atoms with Crippen molar-refractivity contribution in [2.45, 2.75) is 37.1 Å². The maximum atomic E-state index is 13.1. The van der Waals surface area contributed by atoms with Gasteiger partial charge in [-0.25, -0.2) is 13.4 Å². The minimum Gasteiger partial charge on any atom is -0.333 e. The minimum atomic E-state index is -3.52. The monoisotopic (exact) mass is 516 g/mol.